The minimum atomic E-state index is 0.660. The van der Waals surface area contributed by atoms with E-state index >= 15 is 0 Å². The topological polar surface area (TPSA) is 25.2 Å². The first-order valence-corrected chi connectivity index (χ1v) is 7.64. The minimum absolute atomic E-state index is 0.660. The first-order valence-electron chi connectivity index (χ1n) is 7.26. The molecule has 1 aromatic heterocycles. The molecule has 108 valence electrons. The lowest BCUT2D eigenvalue weighted by atomic mass is 10.0. The van der Waals surface area contributed by atoms with E-state index in [0.29, 0.717) is 5.02 Å². The molecular formula is C18H18ClNO. The summed E-state index contributed by atoms with van der Waals surface area (Å²) in [5.41, 5.74) is 3.04. The lowest BCUT2D eigenvalue weighted by Crippen LogP contribution is -2.12. The van der Waals surface area contributed by atoms with Crippen LogP contribution in [0.2, 0.25) is 5.02 Å². The predicted octanol–water partition coefficient (Wildman–Crippen LogP) is 5.25. The fourth-order valence-corrected chi connectivity index (χ4v) is 2.70. The van der Waals surface area contributed by atoms with E-state index in [4.69, 9.17) is 16.0 Å². The quantitative estimate of drug-likeness (QED) is 0.651. The van der Waals surface area contributed by atoms with Gasteiger partial charge in [0.15, 0.2) is 5.58 Å². The monoisotopic (exact) mass is 299 g/mol. The van der Waals surface area contributed by atoms with Gasteiger partial charge in [0.25, 0.3) is 0 Å². The molecule has 0 radical (unpaired) electrons. The van der Waals surface area contributed by atoms with Gasteiger partial charge in [0.05, 0.1) is 11.6 Å². The normalized spacial score (nSPS) is 11.1. The van der Waals surface area contributed by atoms with Crippen molar-refractivity contribution in [3.63, 3.8) is 0 Å². The van der Waals surface area contributed by atoms with Crippen LogP contribution in [0.15, 0.2) is 52.9 Å². The third-order valence-electron chi connectivity index (χ3n) is 3.46. The van der Waals surface area contributed by atoms with Gasteiger partial charge in [0.2, 0.25) is 0 Å². The molecule has 0 spiro atoms. The number of halogens is 1. The van der Waals surface area contributed by atoms with Crippen LogP contribution in [-0.4, -0.2) is 6.54 Å². The SMILES string of the molecule is CCCNCc1cc2cc(-c3ccccc3)cc(Cl)c2o1. The van der Waals surface area contributed by atoms with Crippen LogP contribution in [0.1, 0.15) is 19.1 Å². The second-order valence-electron chi connectivity index (χ2n) is 5.13. The summed E-state index contributed by atoms with van der Waals surface area (Å²) in [5, 5.41) is 5.05. The highest BCUT2D eigenvalue weighted by Gasteiger charge is 2.10. The van der Waals surface area contributed by atoms with Crippen molar-refractivity contribution in [3.05, 3.63) is 59.3 Å². The van der Waals surface area contributed by atoms with Crippen LogP contribution >= 0.6 is 11.6 Å². The molecule has 2 aromatic carbocycles. The molecular weight excluding hydrogens is 282 g/mol. The Hall–Kier alpha value is -1.77. The van der Waals surface area contributed by atoms with Crippen molar-refractivity contribution in [1.29, 1.82) is 0 Å². The maximum Gasteiger partial charge on any atom is 0.152 e. The van der Waals surface area contributed by atoms with Crippen LogP contribution in [-0.2, 0) is 6.54 Å². The molecule has 0 fully saturated rings. The lowest BCUT2D eigenvalue weighted by molar-refractivity contribution is 0.513. The molecule has 0 saturated heterocycles. The Labute approximate surface area is 129 Å². The molecule has 1 N–H and O–H groups in total. The van der Waals surface area contributed by atoms with Crippen molar-refractivity contribution in [2.75, 3.05) is 6.54 Å². The Balaban J connectivity index is 1.96. The Bertz CT molecular complexity index is 734. The Kier molecular flexibility index (Phi) is 4.28. The summed E-state index contributed by atoms with van der Waals surface area (Å²) >= 11 is 6.37. The molecule has 0 aliphatic heterocycles. The van der Waals surface area contributed by atoms with E-state index < -0.39 is 0 Å². The average molecular weight is 300 g/mol. The van der Waals surface area contributed by atoms with E-state index in [2.05, 4.69) is 36.5 Å². The molecule has 0 unspecified atom stereocenters. The molecule has 3 heteroatoms. The number of rotatable bonds is 5. The van der Waals surface area contributed by atoms with Gasteiger partial charge < -0.3 is 9.73 Å². The third kappa shape index (κ3) is 3.12. The molecule has 0 atom stereocenters. The number of furan rings is 1. The summed E-state index contributed by atoms with van der Waals surface area (Å²) in [5.74, 6) is 0.922. The van der Waals surface area contributed by atoms with Crippen LogP contribution < -0.4 is 5.32 Å². The van der Waals surface area contributed by atoms with Crippen molar-refractivity contribution in [2.45, 2.75) is 19.9 Å². The molecule has 3 aromatic rings. The summed E-state index contributed by atoms with van der Waals surface area (Å²) in [6.45, 7) is 3.87. The molecule has 0 saturated carbocycles. The van der Waals surface area contributed by atoms with Gasteiger partial charge in [0.1, 0.15) is 5.76 Å². The number of benzene rings is 2. The second kappa shape index (κ2) is 6.33. The van der Waals surface area contributed by atoms with Gasteiger partial charge in [-0.05, 0) is 42.3 Å². The number of fused-ring (bicyclic) bond motifs is 1. The van der Waals surface area contributed by atoms with Crippen LogP contribution in [0.3, 0.4) is 0 Å². The van der Waals surface area contributed by atoms with Crippen LogP contribution in [0, 0.1) is 0 Å². The second-order valence-corrected chi connectivity index (χ2v) is 5.54. The fourth-order valence-electron chi connectivity index (χ4n) is 2.44. The zero-order valence-corrected chi connectivity index (χ0v) is 12.8. The van der Waals surface area contributed by atoms with E-state index in [0.717, 1.165) is 47.4 Å². The highest BCUT2D eigenvalue weighted by Crippen LogP contribution is 2.32. The minimum Gasteiger partial charge on any atom is -0.458 e. The van der Waals surface area contributed by atoms with Gasteiger partial charge in [-0.2, -0.15) is 0 Å². The maximum atomic E-state index is 6.37. The van der Waals surface area contributed by atoms with Crippen molar-refractivity contribution in [1.82, 2.24) is 5.32 Å². The highest BCUT2D eigenvalue weighted by molar-refractivity contribution is 6.35. The molecule has 21 heavy (non-hydrogen) atoms. The third-order valence-corrected chi connectivity index (χ3v) is 3.74. The van der Waals surface area contributed by atoms with Crippen LogP contribution in [0.5, 0.6) is 0 Å². The average Bonchev–Trinajstić information content (AvgIpc) is 2.92. The molecule has 0 aliphatic rings. The number of hydrogen-bond donors (Lipinski definition) is 1. The standard InChI is InChI=1S/C18H18ClNO/c1-2-8-20-12-16-10-15-9-14(11-17(19)18(15)21-16)13-6-4-3-5-7-13/h3-7,9-11,20H,2,8,12H2,1H3. The first kappa shape index (κ1) is 14.2. The van der Waals surface area contributed by atoms with Gasteiger partial charge in [0, 0.05) is 5.39 Å². The molecule has 1 heterocycles. The van der Waals surface area contributed by atoms with E-state index in [1.807, 2.05) is 24.3 Å². The smallest absolute Gasteiger partial charge is 0.152 e. The highest BCUT2D eigenvalue weighted by atomic mass is 35.5. The summed E-state index contributed by atoms with van der Waals surface area (Å²) in [6, 6.07) is 16.4. The van der Waals surface area contributed by atoms with Gasteiger partial charge in [-0.1, -0.05) is 48.9 Å². The Morgan fingerprint density at radius 3 is 2.62 bits per heavy atom. The van der Waals surface area contributed by atoms with Crippen molar-refractivity contribution >= 4 is 22.6 Å². The summed E-state index contributed by atoms with van der Waals surface area (Å²) in [6.07, 6.45) is 1.11. The zero-order chi connectivity index (χ0) is 14.7. The van der Waals surface area contributed by atoms with E-state index in [-0.39, 0.29) is 0 Å². The molecule has 0 aliphatic carbocycles. The zero-order valence-electron chi connectivity index (χ0n) is 12.0. The molecule has 0 bridgehead atoms. The van der Waals surface area contributed by atoms with Crippen LogP contribution in [0.4, 0.5) is 0 Å². The molecule has 0 amide bonds. The first-order chi connectivity index (χ1) is 10.3. The Morgan fingerprint density at radius 2 is 1.86 bits per heavy atom. The van der Waals surface area contributed by atoms with Crippen molar-refractivity contribution in [3.8, 4) is 11.1 Å². The summed E-state index contributed by atoms with van der Waals surface area (Å²) in [7, 11) is 0. The van der Waals surface area contributed by atoms with Gasteiger partial charge in [-0.15, -0.1) is 0 Å². The lowest BCUT2D eigenvalue weighted by Gasteiger charge is -2.02. The Morgan fingerprint density at radius 1 is 1.05 bits per heavy atom. The van der Waals surface area contributed by atoms with Crippen molar-refractivity contribution < 1.29 is 4.42 Å². The van der Waals surface area contributed by atoms with E-state index in [9.17, 15) is 0 Å². The summed E-state index contributed by atoms with van der Waals surface area (Å²) < 4.78 is 5.84. The van der Waals surface area contributed by atoms with Gasteiger partial charge in [-0.3, -0.25) is 0 Å². The summed E-state index contributed by atoms with van der Waals surface area (Å²) in [4.78, 5) is 0. The van der Waals surface area contributed by atoms with Gasteiger partial charge in [-0.25, -0.2) is 0 Å². The predicted molar refractivity (Wildman–Crippen MR) is 88.7 cm³/mol. The van der Waals surface area contributed by atoms with E-state index in [1.54, 1.807) is 0 Å². The molecule has 3 rings (SSSR count). The van der Waals surface area contributed by atoms with Crippen molar-refractivity contribution in [2.24, 2.45) is 0 Å². The fraction of sp³-hybridized carbons (Fsp3) is 0.222. The maximum absolute atomic E-state index is 6.37. The van der Waals surface area contributed by atoms with Gasteiger partial charge >= 0.3 is 0 Å². The number of hydrogen-bond acceptors (Lipinski definition) is 2. The van der Waals surface area contributed by atoms with Crippen LogP contribution in [0.25, 0.3) is 22.1 Å². The molecule has 2 nitrogen and oxygen atoms in total. The van der Waals surface area contributed by atoms with E-state index in [1.165, 1.54) is 0 Å². The largest absolute Gasteiger partial charge is 0.458 e. The number of nitrogens with one attached hydrogen (secondary N) is 1.